The lowest BCUT2D eigenvalue weighted by molar-refractivity contribution is -0.122. The second-order valence-electron chi connectivity index (χ2n) is 7.05. The van der Waals surface area contributed by atoms with Gasteiger partial charge in [0.1, 0.15) is 11.0 Å². The summed E-state index contributed by atoms with van der Waals surface area (Å²) in [6, 6.07) is 16.6. The Hall–Kier alpha value is -3.24. The van der Waals surface area contributed by atoms with Crippen LogP contribution in [0.2, 0.25) is 0 Å². The first kappa shape index (κ1) is 19.1. The first-order valence-electron chi connectivity index (χ1n) is 9.11. The number of ether oxygens (including phenoxy) is 1. The van der Waals surface area contributed by atoms with Gasteiger partial charge in [-0.25, -0.2) is 4.90 Å². The number of hydrogen-bond acceptors (Lipinski definition) is 6. The number of nitrogens with two attached hydrogens (primary N) is 1. The van der Waals surface area contributed by atoms with E-state index < -0.39 is 17.1 Å². The van der Waals surface area contributed by atoms with Crippen LogP contribution in [0.1, 0.15) is 17.0 Å². The van der Waals surface area contributed by atoms with Crippen molar-refractivity contribution in [2.45, 2.75) is 18.1 Å². The van der Waals surface area contributed by atoms with E-state index in [2.05, 4.69) is 6.07 Å². The molecule has 2 N–H and O–H groups in total. The normalized spacial score (nSPS) is 23.8. The van der Waals surface area contributed by atoms with E-state index in [1.54, 1.807) is 31.4 Å². The summed E-state index contributed by atoms with van der Waals surface area (Å²) in [5, 5.41) is 9.38. The van der Waals surface area contributed by atoms with Crippen molar-refractivity contribution in [2.75, 3.05) is 12.0 Å². The van der Waals surface area contributed by atoms with E-state index in [9.17, 15) is 14.9 Å². The number of benzene rings is 2. The molecule has 6 nitrogen and oxygen atoms in total. The van der Waals surface area contributed by atoms with Crippen molar-refractivity contribution in [3.63, 3.8) is 0 Å². The molecule has 2 amide bonds. The van der Waals surface area contributed by atoms with Crippen LogP contribution in [0.3, 0.4) is 0 Å². The number of allylic oxidation sites excluding steroid dienone is 1. The van der Waals surface area contributed by atoms with Crippen molar-refractivity contribution in [1.29, 1.82) is 5.26 Å². The van der Waals surface area contributed by atoms with Gasteiger partial charge in [-0.1, -0.05) is 41.6 Å². The van der Waals surface area contributed by atoms with Crippen molar-refractivity contribution >= 4 is 29.3 Å². The van der Waals surface area contributed by atoms with E-state index in [-0.39, 0.29) is 11.8 Å². The maximum absolute atomic E-state index is 13.4. The van der Waals surface area contributed by atoms with E-state index in [0.29, 0.717) is 22.0 Å². The molecule has 2 heterocycles. The van der Waals surface area contributed by atoms with Gasteiger partial charge in [-0.2, -0.15) is 5.26 Å². The van der Waals surface area contributed by atoms with Gasteiger partial charge in [0.15, 0.2) is 0 Å². The third-order valence-electron chi connectivity index (χ3n) is 5.37. The lowest BCUT2D eigenvalue weighted by atomic mass is 9.79. The predicted molar refractivity (Wildman–Crippen MR) is 111 cm³/mol. The van der Waals surface area contributed by atoms with Crippen LogP contribution < -0.4 is 15.4 Å². The fourth-order valence-corrected chi connectivity index (χ4v) is 5.10. The van der Waals surface area contributed by atoms with E-state index >= 15 is 0 Å². The Morgan fingerprint density at radius 1 is 1.07 bits per heavy atom. The molecule has 0 radical (unpaired) electrons. The highest BCUT2D eigenvalue weighted by atomic mass is 32.2. The number of methoxy groups -OCH3 is 1. The third kappa shape index (κ3) is 3.06. The first-order valence-corrected chi connectivity index (χ1v) is 9.99. The Morgan fingerprint density at radius 3 is 2.31 bits per heavy atom. The lowest BCUT2D eigenvalue weighted by Gasteiger charge is -2.30. The van der Waals surface area contributed by atoms with E-state index in [1.807, 2.05) is 31.2 Å². The summed E-state index contributed by atoms with van der Waals surface area (Å²) < 4.78 is 5.21. The largest absolute Gasteiger partial charge is 0.497 e. The molecular formula is C22H19N3O3S. The van der Waals surface area contributed by atoms with Gasteiger partial charge in [0, 0.05) is 5.92 Å². The third-order valence-corrected chi connectivity index (χ3v) is 6.60. The molecule has 2 aliphatic heterocycles. The van der Waals surface area contributed by atoms with Crippen molar-refractivity contribution in [3.05, 3.63) is 70.3 Å². The monoisotopic (exact) mass is 405 g/mol. The van der Waals surface area contributed by atoms with E-state index in [4.69, 9.17) is 10.5 Å². The molecule has 0 aliphatic carbocycles. The summed E-state index contributed by atoms with van der Waals surface area (Å²) in [5.74, 6) is -1.21. The molecule has 0 saturated carbocycles. The molecular weight excluding hydrogens is 386 g/mol. The maximum atomic E-state index is 13.4. The standard InChI is InChI=1S/C22H19N3O3S/c1-12-3-7-14(8-4-12)25-21(26)18-17(13-5-9-15(28-2)10-6-13)16(11-23)20(24)29-19(18)22(25)27/h3-10,17-19H,24H2,1-2H3/t17-,18+,19-/m1/s1. The number of thioether (sulfide) groups is 1. The number of imide groups is 1. The molecule has 1 fully saturated rings. The zero-order valence-electron chi connectivity index (χ0n) is 16.0. The van der Waals surface area contributed by atoms with Gasteiger partial charge in [0.25, 0.3) is 0 Å². The smallest absolute Gasteiger partial charge is 0.248 e. The summed E-state index contributed by atoms with van der Waals surface area (Å²) >= 11 is 1.11. The molecule has 2 aliphatic rings. The number of carbonyl (C=O) groups is 2. The molecule has 1 saturated heterocycles. The second kappa shape index (κ2) is 7.30. The molecule has 0 unspecified atom stereocenters. The van der Waals surface area contributed by atoms with E-state index in [0.717, 1.165) is 22.9 Å². The van der Waals surface area contributed by atoms with Gasteiger partial charge in [-0.05, 0) is 36.8 Å². The van der Waals surface area contributed by atoms with Crippen molar-refractivity contribution < 1.29 is 14.3 Å². The summed E-state index contributed by atoms with van der Waals surface area (Å²) in [6.45, 7) is 1.94. The Morgan fingerprint density at radius 2 is 1.72 bits per heavy atom. The van der Waals surface area contributed by atoms with Gasteiger partial charge in [-0.15, -0.1) is 0 Å². The number of hydrogen-bond donors (Lipinski definition) is 1. The number of fused-ring (bicyclic) bond motifs is 1. The zero-order chi connectivity index (χ0) is 20.7. The minimum Gasteiger partial charge on any atom is -0.497 e. The molecule has 0 aromatic heterocycles. The zero-order valence-corrected chi connectivity index (χ0v) is 16.8. The number of nitriles is 1. The molecule has 0 bridgehead atoms. The Bertz CT molecular complexity index is 1050. The van der Waals surface area contributed by atoms with Gasteiger partial charge in [-0.3, -0.25) is 9.59 Å². The minimum absolute atomic E-state index is 0.293. The minimum atomic E-state index is -0.691. The molecule has 0 spiro atoms. The highest BCUT2D eigenvalue weighted by molar-refractivity contribution is 8.04. The average Bonchev–Trinajstić information content (AvgIpc) is 2.97. The molecule has 2 aromatic carbocycles. The molecule has 146 valence electrons. The van der Waals surface area contributed by atoms with Gasteiger partial charge in [0.05, 0.1) is 35.4 Å². The van der Waals surface area contributed by atoms with Gasteiger partial charge >= 0.3 is 0 Å². The number of amides is 2. The Kier molecular flexibility index (Phi) is 4.81. The number of rotatable bonds is 3. The first-order chi connectivity index (χ1) is 14.0. The van der Waals surface area contributed by atoms with Gasteiger partial charge < -0.3 is 10.5 Å². The van der Waals surface area contributed by atoms with Crippen LogP contribution in [0, 0.1) is 24.2 Å². The maximum Gasteiger partial charge on any atom is 0.248 e. The highest BCUT2D eigenvalue weighted by Gasteiger charge is 2.56. The summed E-state index contributed by atoms with van der Waals surface area (Å²) in [4.78, 5) is 27.8. The number of carbonyl (C=O) groups excluding carboxylic acids is 2. The van der Waals surface area contributed by atoms with Crippen molar-refractivity contribution in [2.24, 2.45) is 11.7 Å². The summed E-state index contributed by atoms with van der Waals surface area (Å²) in [6.07, 6.45) is 0. The van der Waals surface area contributed by atoms with E-state index in [1.165, 1.54) is 4.90 Å². The predicted octanol–water partition coefficient (Wildman–Crippen LogP) is 3.09. The van der Waals surface area contributed by atoms with Crippen molar-refractivity contribution in [1.82, 2.24) is 0 Å². The van der Waals surface area contributed by atoms with Crippen LogP contribution >= 0.6 is 11.8 Å². The number of aryl methyl sites for hydroxylation is 1. The molecule has 7 heteroatoms. The molecule has 29 heavy (non-hydrogen) atoms. The fraction of sp³-hybridized carbons (Fsp3) is 0.227. The van der Waals surface area contributed by atoms with Crippen LogP contribution in [0.5, 0.6) is 5.75 Å². The van der Waals surface area contributed by atoms with Crippen LogP contribution in [0.25, 0.3) is 0 Å². The summed E-state index contributed by atoms with van der Waals surface area (Å²) in [5.41, 5.74) is 8.81. The van der Waals surface area contributed by atoms with Crippen LogP contribution in [-0.4, -0.2) is 24.2 Å². The molecule has 4 rings (SSSR count). The number of anilines is 1. The highest BCUT2D eigenvalue weighted by Crippen LogP contribution is 2.50. The van der Waals surface area contributed by atoms with Crippen molar-refractivity contribution in [3.8, 4) is 11.8 Å². The van der Waals surface area contributed by atoms with Crippen LogP contribution in [0.15, 0.2) is 59.1 Å². The summed E-state index contributed by atoms with van der Waals surface area (Å²) in [7, 11) is 1.57. The molecule has 2 aromatic rings. The Balaban J connectivity index is 1.80. The second-order valence-corrected chi connectivity index (χ2v) is 8.24. The Labute approximate surface area is 172 Å². The van der Waals surface area contributed by atoms with Crippen LogP contribution in [0.4, 0.5) is 5.69 Å². The quantitative estimate of drug-likeness (QED) is 0.789. The molecule has 3 atom stereocenters. The number of nitrogens with zero attached hydrogens (tertiary/aromatic N) is 2. The topological polar surface area (TPSA) is 96.4 Å². The van der Waals surface area contributed by atoms with Gasteiger partial charge in [0.2, 0.25) is 11.8 Å². The average molecular weight is 405 g/mol. The van der Waals surface area contributed by atoms with Crippen LogP contribution in [-0.2, 0) is 9.59 Å². The lowest BCUT2D eigenvalue weighted by Crippen LogP contribution is -2.33. The fourth-order valence-electron chi connectivity index (χ4n) is 3.90. The SMILES string of the molecule is COc1ccc([C@@H]2C(C#N)=C(N)S[C@H]3C(=O)N(c4ccc(C)cc4)C(=O)[C@H]32)cc1.